The van der Waals surface area contributed by atoms with Crippen molar-refractivity contribution in [1.82, 2.24) is 4.98 Å². The van der Waals surface area contributed by atoms with Crippen molar-refractivity contribution < 1.29 is 4.79 Å². The molecule has 17 heavy (non-hydrogen) atoms. The molecule has 4 nitrogen and oxygen atoms in total. The van der Waals surface area contributed by atoms with Crippen LogP contribution < -0.4 is 11.1 Å². The van der Waals surface area contributed by atoms with E-state index in [9.17, 15) is 4.79 Å². The lowest BCUT2D eigenvalue weighted by Crippen LogP contribution is -2.36. The molecule has 0 aliphatic heterocycles. The minimum atomic E-state index is -0.499. The van der Waals surface area contributed by atoms with Crippen molar-refractivity contribution in [1.29, 1.82) is 0 Å². The molecular formula is C12H15N3OS. The molecule has 3 N–H and O–H groups in total. The first-order valence-corrected chi connectivity index (χ1v) is 6.20. The van der Waals surface area contributed by atoms with Gasteiger partial charge in [-0.2, -0.15) is 0 Å². The summed E-state index contributed by atoms with van der Waals surface area (Å²) in [5.41, 5.74) is 6.19. The normalized spacial score (nSPS) is 11.7. The monoisotopic (exact) mass is 249 g/mol. The van der Waals surface area contributed by atoms with Gasteiger partial charge in [0.25, 0.3) is 0 Å². The van der Waals surface area contributed by atoms with E-state index >= 15 is 0 Å². The number of hydrogen-bond acceptors (Lipinski definition) is 4. The first kappa shape index (κ1) is 12.0. The summed E-state index contributed by atoms with van der Waals surface area (Å²) in [4.78, 5) is 16.0. The maximum atomic E-state index is 11.7. The zero-order valence-corrected chi connectivity index (χ0v) is 10.7. The van der Waals surface area contributed by atoms with E-state index in [1.165, 1.54) is 11.3 Å². The summed E-state index contributed by atoms with van der Waals surface area (Å²) in [5.74, 6) is -0.100. The van der Waals surface area contributed by atoms with Crippen LogP contribution in [0.4, 0.5) is 5.13 Å². The van der Waals surface area contributed by atoms with Crippen LogP contribution >= 0.6 is 11.3 Å². The van der Waals surface area contributed by atoms with Crippen LogP contribution in [0.1, 0.15) is 20.3 Å². The number of rotatable bonds is 3. The molecule has 0 saturated carbocycles. The molecule has 0 fully saturated rings. The molecule has 1 amide bonds. The van der Waals surface area contributed by atoms with Crippen molar-refractivity contribution >= 4 is 32.6 Å². The smallest absolute Gasteiger partial charge is 0.227 e. The van der Waals surface area contributed by atoms with Crippen LogP contribution in [0.15, 0.2) is 24.3 Å². The number of amides is 1. The molecular weight excluding hydrogens is 234 g/mol. The molecule has 90 valence electrons. The SMILES string of the molecule is CC(C)(N)CC(=O)Nc1nc2ccccc2s1. The van der Waals surface area contributed by atoms with Crippen molar-refractivity contribution in [3.8, 4) is 0 Å². The number of anilines is 1. The number of fused-ring (bicyclic) bond motifs is 1. The second kappa shape index (κ2) is 4.43. The second-order valence-electron chi connectivity index (χ2n) is 4.70. The summed E-state index contributed by atoms with van der Waals surface area (Å²) < 4.78 is 1.06. The van der Waals surface area contributed by atoms with Gasteiger partial charge < -0.3 is 11.1 Å². The Hall–Kier alpha value is -1.46. The molecule has 0 saturated heterocycles. The van der Waals surface area contributed by atoms with Crippen molar-refractivity contribution in [2.75, 3.05) is 5.32 Å². The molecule has 1 aromatic heterocycles. The minimum absolute atomic E-state index is 0.100. The van der Waals surface area contributed by atoms with E-state index in [0.29, 0.717) is 5.13 Å². The number of nitrogens with two attached hydrogens (primary N) is 1. The fourth-order valence-corrected chi connectivity index (χ4v) is 2.38. The molecule has 0 aliphatic rings. The third-order valence-electron chi connectivity index (χ3n) is 2.16. The van der Waals surface area contributed by atoms with Crippen LogP contribution in [0.3, 0.4) is 0 Å². The third-order valence-corrected chi connectivity index (χ3v) is 3.11. The molecule has 1 heterocycles. The van der Waals surface area contributed by atoms with Crippen LogP contribution in [0.5, 0.6) is 0 Å². The zero-order valence-electron chi connectivity index (χ0n) is 9.86. The van der Waals surface area contributed by atoms with Crippen molar-refractivity contribution in [3.63, 3.8) is 0 Å². The Morgan fingerprint density at radius 3 is 2.82 bits per heavy atom. The van der Waals surface area contributed by atoms with Gasteiger partial charge in [0.05, 0.1) is 10.2 Å². The molecule has 0 bridgehead atoms. The molecule has 5 heteroatoms. The Bertz CT molecular complexity index is 509. The number of carbonyl (C=O) groups excluding carboxylic acids is 1. The van der Waals surface area contributed by atoms with Gasteiger partial charge >= 0.3 is 0 Å². The van der Waals surface area contributed by atoms with E-state index in [0.717, 1.165) is 10.2 Å². The summed E-state index contributed by atoms with van der Waals surface area (Å²) >= 11 is 1.47. The van der Waals surface area contributed by atoms with Gasteiger partial charge in [0.1, 0.15) is 0 Å². The highest BCUT2D eigenvalue weighted by atomic mass is 32.1. The van der Waals surface area contributed by atoms with E-state index in [1.54, 1.807) is 0 Å². The van der Waals surface area contributed by atoms with Crippen LogP contribution in [-0.2, 0) is 4.79 Å². The number of aromatic nitrogens is 1. The van der Waals surface area contributed by atoms with Gasteiger partial charge in [-0.25, -0.2) is 4.98 Å². The summed E-state index contributed by atoms with van der Waals surface area (Å²) in [5, 5.41) is 3.40. The average molecular weight is 249 g/mol. The standard InChI is InChI=1S/C12H15N3OS/c1-12(2,13)7-10(16)15-11-14-8-5-3-4-6-9(8)17-11/h3-6H,7,13H2,1-2H3,(H,14,15,16). The van der Waals surface area contributed by atoms with Crippen molar-refractivity contribution in [2.45, 2.75) is 25.8 Å². The van der Waals surface area contributed by atoms with E-state index in [2.05, 4.69) is 10.3 Å². The third kappa shape index (κ3) is 3.25. The highest BCUT2D eigenvalue weighted by Gasteiger charge is 2.17. The number of benzene rings is 1. The Balaban J connectivity index is 2.11. The largest absolute Gasteiger partial charge is 0.325 e. The van der Waals surface area contributed by atoms with Crippen LogP contribution in [0.2, 0.25) is 0 Å². The molecule has 2 rings (SSSR count). The van der Waals surface area contributed by atoms with E-state index < -0.39 is 5.54 Å². The van der Waals surface area contributed by atoms with Crippen LogP contribution in [0.25, 0.3) is 10.2 Å². The van der Waals surface area contributed by atoms with Crippen molar-refractivity contribution in [2.24, 2.45) is 5.73 Å². The fraction of sp³-hybridized carbons (Fsp3) is 0.333. The highest BCUT2D eigenvalue weighted by Crippen LogP contribution is 2.25. The van der Waals surface area contributed by atoms with Gasteiger partial charge in [-0.05, 0) is 26.0 Å². The average Bonchev–Trinajstić information content (AvgIpc) is 2.55. The number of thiazole rings is 1. The Morgan fingerprint density at radius 2 is 2.18 bits per heavy atom. The fourth-order valence-electron chi connectivity index (χ4n) is 1.50. The van der Waals surface area contributed by atoms with E-state index in [4.69, 9.17) is 5.73 Å². The number of nitrogens with zero attached hydrogens (tertiary/aromatic N) is 1. The highest BCUT2D eigenvalue weighted by molar-refractivity contribution is 7.22. The predicted molar refractivity (Wildman–Crippen MR) is 71.1 cm³/mol. The quantitative estimate of drug-likeness (QED) is 0.877. The van der Waals surface area contributed by atoms with Gasteiger partial charge in [-0.3, -0.25) is 4.79 Å². The Kier molecular flexibility index (Phi) is 3.13. The summed E-state index contributed by atoms with van der Waals surface area (Å²) in [7, 11) is 0. The molecule has 0 spiro atoms. The first-order chi connectivity index (χ1) is 7.94. The number of nitrogens with one attached hydrogen (secondary N) is 1. The Morgan fingerprint density at radius 1 is 1.47 bits per heavy atom. The van der Waals surface area contributed by atoms with Crippen LogP contribution in [0, 0.1) is 0 Å². The molecule has 1 aromatic carbocycles. The zero-order chi connectivity index (χ0) is 12.5. The lowest BCUT2D eigenvalue weighted by Gasteiger charge is -2.16. The molecule has 0 atom stereocenters. The number of para-hydroxylation sites is 1. The van der Waals surface area contributed by atoms with Gasteiger partial charge in [0.2, 0.25) is 5.91 Å². The number of carbonyl (C=O) groups is 1. The van der Waals surface area contributed by atoms with Crippen molar-refractivity contribution in [3.05, 3.63) is 24.3 Å². The molecule has 0 unspecified atom stereocenters. The number of hydrogen-bond donors (Lipinski definition) is 2. The summed E-state index contributed by atoms with van der Waals surface area (Å²) in [6.07, 6.45) is 0.281. The predicted octanol–water partition coefficient (Wildman–Crippen LogP) is 2.36. The van der Waals surface area contributed by atoms with Gasteiger partial charge in [-0.1, -0.05) is 23.5 Å². The minimum Gasteiger partial charge on any atom is -0.325 e. The lowest BCUT2D eigenvalue weighted by atomic mass is 10.0. The summed E-state index contributed by atoms with van der Waals surface area (Å²) in [6.45, 7) is 3.65. The summed E-state index contributed by atoms with van der Waals surface area (Å²) in [6, 6.07) is 7.79. The lowest BCUT2D eigenvalue weighted by molar-refractivity contribution is -0.117. The van der Waals surface area contributed by atoms with Gasteiger partial charge in [0.15, 0.2) is 5.13 Å². The first-order valence-electron chi connectivity index (χ1n) is 5.38. The maximum absolute atomic E-state index is 11.7. The molecule has 0 aliphatic carbocycles. The maximum Gasteiger partial charge on any atom is 0.227 e. The Labute approximate surface area is 104 Å². The van der Waals surface area contributed by atoms with Gasteiger partial charge in [0, 0.05) is 12.0 Å². The van der Waals surface area contributed by atoms with E-state index in [-0.39, 0.29) is 12.3 Å². The topological polar surface area (TPSA) is 68.0 Å². The van der Waals surface area contributed by atoms with Crippen LogP contribution in [-0.4, -0.2) is 16.4 Å². The molecule has 2 aromatic rings. The van der Waals surface area contributed by atoms with Gasteiger partial charge in [-0.15, -0.1) is 0 Å². The molecule has 0 radical (unpaired) electrons. The second-order valence-corrected chi connectivity index (χ2v) is 5.73. The van der Waals surface area contributed by atoms with E-state index in [1.807, 2.05) is 38.1 Å².